The van der Waals surface area contributed by atoms with E-state index in [9.17, 15) is 9.59 Å². The first-order chi connectivity index (χ1) is 15.7. The molecule has 2 aromatic carbocycles. The number of rotatable bonds is 13. The first-order valence-corrected chi connectivity index (χ1v) is 11.6. The molecule has 0 aliphatic carbocycles. The van der Waals surface area contributed by atoms with E-state index in [2.05, 4.69) is 27.7 Å². The summed E-state index contributed by atoms with van der Waals surface area (Å²) in [4.78, 5) is 24.6. The van der Waals surface area contributed by atoms with E-state index in [0.717, 1.165) is 12.8 Å². The van der Waals surface area contributed by atoms with Crippen LogP contribution in [0.15, 0.2) is 48.5 Å². The van der Waals surface area contributed by atoms with Crippen molar-refractivity contribution in [2.75, 3.05) is 19.8 Å². The standard InChI is InChI=1S/C27H36O6/c1-19(2)14-16-30-24-10-6-22(7-11-24)26(28)32-18-21(5)33-27(29)23-8-12-25(13-9-23)31-17-15-20(3)4/h6-13,19-21H,14-18H2,1-5H3/t21-/m0/s1. The van der Waals surface area contributed by atoms with Gasteiger partial charge in [-0.3, -0.25) is 0 Å². The van der Waals surface area contributed by atoms with E-state index in [-0.39, 0.29) is 6.61 Å². The van der Waals surface area contributed by atoms with Crippen LogP contribution in [-0.2, 0) is 9.47 Å². The Labute approximate surface area is 197 Å². The average molecular weight is 457 g/mol. The molecule has 0 aliphatic rings. The highest BCUT2D eigenvalue weighted by Crippen LogP contribution is 2.16. The molecule has 0 aliphatic heterocycles. The van der Waals surface area contributed by atoms with Crippen LogP contribution in [0.4, 0.5) is 0 Å². The molecule has 0 aromatic heterocycles. The summed E-state index contributed by atoms with van der Waals surface area (Å²) in [5, 5.41) is 0. The summed E-state index contributed by atoms with van der Waals surface area (Å²) in [5.74, 6) is 1.62. The lowest BCUT2D eigenvalue weighted by Crippen LogP contribution is -2.22. The molecule has 0 amide bonds. The first kappa shape index (κ1) is 26.2. The Morgan fingerprint density at radius 2 is 1.09 bits per heavy atom. The van der Waals surface area contributed by atoms with Crippen LogP contribution >= 0.6 is 0 Å². The van der Waals surface area contributed by atoms with Crippen LogP contribution in [0, 0.1) is 11.8 Å². The summed E-state index contributed by atoms with van der Waals surface area (Å²) in [6.07, 6.45) is 1.36. The number of esters is 2. The summed E-state index contributed by atoms with van der Waals surface area (Å²) in [5.41, 5.74) is 0.829. The zero-order chi connectivity index (χ0) is 24.2. The Bertz CT molecular complexity index is 855. The van der Waals surface area contributed by atoms with E-state index in [4.69, 9.17) is 18.9 Å². The summed E-state index contributed by atoms with van der Waals surface area (Å²) < 4.78 is 22.0. The molecule has 2 rings (SSSR count). The molecule has 0 heterocycles. The van der Waals surface area contributed by atoms with Gasteiger partial charge in [-0.15, -0.1) is 0 Å². The lowest BCUT2D eigenvalue weighted by atomic mass is 10.1. The molecule has 6 heteroatoms. The fourth-order valence-corrected chi connectivity index (χ4v) is 2.76. The van der Waals surface area contributed by atoms with Crippen molar-refractivity contribution in [3.8, 4) is 11.5 Å². The normalized spacial score (nSPS) is 11.8. The van der Waals surface area contributed by atoms with E-state index in [1.54, 1.807) is 55.5 Å². The van der Waals surface area contributed by atoms with Crippen LogP contribution in [-0.4, -0.2) is 37.9 Å². The van der Waals surface area contributed by atoms with Crippen molar-refractivity contribution in [1.82, 2.24) is 0 Å². The number of carbonyl (C=O) groups is 2. The van der Waals surface area contributed by atoms with Crippen LogP contribution in [0.5, 0.6) is 11.5 Å². The minimum absolute atomic E-state index is 0.0341. The summed E-state index contributed by atoms with van der Waals surface area (Å²) in [6, 6.07) is 13.6. The van der Waals surface area contributed by atoms with Gasteiger partial charge < -0.3 is 18.9 Å². The van der Waals surface area contributed by atoms with Crippen molar-refractivity contribution in [2.45, 2.75) is 53.6 Å². The number of benzene rings is 2. The first-order valence-electron chi connectivity index (χ1n) is 11.6. The highest BCUT2D eigenvalue weighted by Gasteiger charge is 2.15. The molecular formula is C27H36O6. The quantitative estimate of drug-likeness (QED) is 0.348. The van der Waals surface area contributed by atoms with E-state index in [1.807, 2.05) is 0 Å². The molecule has 6 nitrogen and oxygen atoms in total. The Morgan fingerprint density at radius 3 is 1.52 bits per heavy atom. The van der Waals surface area contributed by atoms with Crippen molar-refractivity contribution in [3.05, 3.63) is 59.7 Å². The van der Waals surface area contributed by atoms with Gasteiger partial charge in [-0.05, 0) is 80.1 Å². The molecule has 33 heavy (non-hydrogen) atoms. The molecule has 180 valence electrons. The zero-order valence-electron chi connectivity index (χ0n) is 20.3. The van der Waals surface area contributed by atoms with Crippen LogP contribution < -0.4 is 9.47 Å². The maximum atomic E-state index is 12.3. The predicted molar refractivity (Wildman–Crippen MR) is 128 cm³/mol. The fraction of sp³-hybridized carbons (Fsp3) is 0.481. The molecule has 2 aromatic rings. The second-order valence-electron chi connectivity index (χ2n) is 8.93. The van der Waals surface area contributed by atoms with Crippen LogP contribution in [0.25, 0.3) is 0 Å². The minimum Gasteiger partial charge on any atom is -0.494 e. The lowest BCUT2D eigenvalue weighted by molar-refractivity contribution is 0.00447. The second-order valence-corrected chi connectivity index (χ2v) is 8.93. The third-order valence-electron chi connectivity index (χ3n) is 4.87. The van der Waals surface area contributed by atoms with Gasteiger partial charge in [-0.2, -0.15) is 0 Å². The average Bonchev–Trinajstić information content (AvgIpc) is 2.78. The maximum absolute atomic E-state index is 12.3. The van der Waals surface area contributed by atoms with Gasteiger partial charge in [-0.1, -0.05) is 27.7 Å². The smallest absolute Gasteiger partial charge is 0.338 e. The minimum atomic E-state index is -0.581. The van der Waals surface area contributed by atoms with Crippen molar-refractivity contribution in [1.29, 1.82) is 0 Å². The van der Waals surface area contributed by atoms with Crippen molar-refractivity contribution >= 4 is 11.9 Å². The van der Waals surface area contributed by atoms with Gasteiger partial charge in [0.2, 0.25) is 0 Å². The molecule has 0 unspecified atom stereocenters. The Morgan fingerprint density at radius 1 is 0.667 bits per heavy atom. The molecule has 0 spiro atoms. The lowest BCUT2D eigenvalue weighted by Gasteiger charge is -2.14. The third kappa shape index (κ3) is 9.98. The molecule has 0 radical (unpaired) electrons. The topological polar surface area (TPSA) is 71.1 Å². The van der Waals surface area contributed by atoms with Gasteiger partial charge >= 0.3 is 11.9 Å². The van der Waals surface area contributed by atoms with Crippen molar-refractivity contribution in [3.63, 3.8) is 0 Å². The van der Waals surface area contributed by atoms with Gasteiger partial charge in [0, 0.05) is 0 Å². The highest BCUT2D eigenvalue weighted by molar-refractivity contribution is 5.90. The summed E-state index contributed by atoms with van der Waals surface area (Å²) >= 11 is 0. The number of carbonyl (C=O) groups excluding carboxylic acids is 2. The highest BCUT2D eigenvalue weighted by atomic mass is 16.6. The molecule has 1 atom stereocenters. The zero-order valence-corrected chi connectivity index (χ0v) is 20.3. The maximum Gasteiger partial charge on any atom is 0.338 e. The SMILES string of the molecule is CC(C)CCOc1ccc(C(=O)OC[C@H](C)OC(=O)c2ccc(OCCC(C)C)cc2)cc1. The molecule has 0 bridgehead atoms. The molecular weight excluding hydrogens is 420 g/mol. The second kappa shape index (κ2) is 13.5. The van der Waals surface area contributed by atoms with Crippen LogP contribution in [0.3, 0.4) is 0 Å². The summed E-state index contributed by atoms with van der Waals surface area (Å²) in [7, 11) is 0. The van der Waals surface area contributed by atoms with Gasteiger partial charge in [0.05, 0.1) is 24.3 Å². The molecule has 0 saturated carbocycles. The van der Waals surface area contributed by atoms with E-state index >= 15 is 0 Å². The molecule has 0 N–H and O–H groups in total. The monoisotopic (exact) mass is 456 g/mol. The van der Waals surface area contributed by atoms with E-state index < -0.39 is 18.0 Å². The number of hydrogen-bond acceptors (Lipinski definition) is 6. The third-order valence-corrected chi connectivity index (χ3v) is 4.87. The van der Waals surface area contributed by atoms with Gasteiger partial charge in [0.1, 0.15) is 24.2 Å². The Kier molecular flexibility index (Phi) is 10.7. The Hall–Kier alpha value is -3.02. The van der Waals surface area contributed by atoms with Crippen LogP contribution in [0.1, 0.15) is 68.2 Å². The number of ether oxygens (including phenoxy) is 4. The Balaban J connectivity index is 1.74. The number of hydrogen-bond donors (Lipinski definition) is 0. The molecule has 0 saturated heterocycles. The largest absolute Gasteiger partial charge is 0.494 e. The van der Waals surface area contributed by atoms with Gasteiger partial charge in [0.15, 0.2) is 0 Å². The fourth-order valence-electron chi connectivity index (χ4n) is 2.76. The van der Waals surface area contributed by atoms with Gasteiger partial charge in [0.25, 0.3) is 0 Å². The van der Waals surface area contributed by atoms with Crippen molar-refractivity contribution in [2.24, 2.45) is 11.8 Å². The molecule has 0 fully saturated rings. The predicted octanol–water partition coefficient (Wildman–Crippen LogP) is 5.94. The van der Waals surface area contributed by atoms with Crippen LogP contribution in [0.2, 0.25) is 0 Å². The van der Waals surface area contributed by atoms with Crippen molar-refractivity contribution < 1.29 is 28.5 Å². The summed E-state index contributed by atoms with van der Waals surface area (Å²) in [6.45, 7) is 11.5. The van der Waals surface area contributed by atoms with E-state index in [0.29, 0.717) is 47.7 Å². The van der Waals surface area contributed by atoms with Gasteiger partial charge in [-0.25, -0.2) is 9.59 Å². The van der Waals surface area contributed by atoms with E-state index in [1.165, 1.54) is 0 Å².